The molecule has 0 heterocycles. The molecule has 3 N–H and O–H groups in total. The van der Waals surface area contributed by atoms with Crippen LogP contribution in [0.3, 0.4) is 0 Å². The molecule has 0 aromatic heterocycles. The minimum Gasteiger partial charge on any atom is -0.508 e. The van der Waals surface area contributed by atoms with Gasteiger partial charge in [-0.3, -0.25) is 14.4 Å². The molecule has 0 unspecified atom stereocenters. The van der Waals surface area contributed by atoms with Gasteiger partial charge in [-0.05, 0) is 46.5 Å². The molecule has 0 saturated heterocycles. The van der Waals surface area contributed by atoms with E-state index in [9.17, 15) is 29.7 Å². The Morgan fingerprint density at radius 2 is 1.41 bits per heavy atom. The lowest BCUT2D eigenvalue weighted by Crippen LogP contribution is -1.94. The lowest BCUT2D eigenvalue weighted by atomic mass is 10.0. The van der Waals surface area contributed by atoms with Crippen molar-refractivity contribution >= 4 is 30.5 Å². The number of hydrogen-bond donors (Lipinski definition) is 3. The van der Waals surface area contributed by atoms with E-state index in [-0.39, 0.29) is 30.1 Å². The summed E-state index contributed by atoms with van der Waals surface area (Å²) in [5.74, 6) is -0.729. The molecule has 0 aliphatic rings. The lowest BCUT2D eigenvalue weighted by Gasteiger charge is -2.05. The summed E-state index contributed by atoms with van der Waals surface area (Å²) in [7, 11) is 0. The molecule has 0 aliphatic carbocycles. The van der Waals surface area contributed by atoms with Crippen molar-refractivity contribution < 1.29 is 29.7 Å². The number of aldehydes is 2. The van der Waals surface area contributed by atoms with Gasteiger partial charge in [0.1, 0.15) is 5.76 Å². The smallest absolute Gasteiger partial charge is 0.182 e. The van der Waals surface area contributed by atoms with E-state index < -0.39 is 5.78 Å². The highest BCUT2D eigenvalue weighted by Crippen LogP contribution is 2.14. The number of aliphatic hydroxyl groups excluding tert-OH is 3. The summed E-state index contributed by atoms with van der Waals surface area (Å²) >= 11 is 0. The second-order valence-corrected chi connectivity index (χ2v) is 6.11. The number of benzene rings is 2. The van der Waals surface area contributed by atoms with Gasteiger partial charge in [-0.15, -0.1) is 0 Å². The third-order valence-electron chi connectivity index (χ3n) is 4.11. The van der Waals surface area contributed by atoms with Gasteiger partial charge in [0.2, 0.25) is 0 Å². The van der Waals surface area contributed by atoms with Gasteiger partial charge in [0.05, 0.1) is 13.2 Å². The molecule has 2 aromatic rings. The first-order valence-corrected chi connectivity index (χ1v) is 8.69. The van der Waals surface area contributed by atoms with Crippen LogP contribution in [0, 0.1) is 0 Å². The lowest BCUT2D eigenvalue weighted by molar-refractivity contribution is -0.110. The number of carbonyl (C=O) groups is 3. The van der Waals surface area contributed by atoms with Crippen LogP contribution in [0.25, 0.3) is 12.2 Å². The maximum Gasteiger partial charge on any atom is 0.182 e. The maximum atomic E-state index is 12.0. The highest BCUT2D eigenvalue weighted by Gasteiger charge is 2.02. The Hall–Kier alpha value is -3.61. The van der Waals surface area contributed by atoms with E-state index in [2.05, 4.69) is 0 Å². The fraction of sp³-hybridized carbons (Fsp3) is 0.0870. The largest absolute Gasteiger partial charge is 0.508 e. The Kier molecular flexibility index (Phi) is 7.97. The van der Waals surface area contributed by atoms with E-state index in [1.165, 1.54) is 30.4 Å². The van der Waals surface area contributed by atoms with E-state index >= 15 is 0 Å². The molecule has 6 nitrogen and oxygen atoms in total. The van der Waals surface area contributed by atoms with Gasteiger partial charge in [-0.1, -0.05) is 36.4 Å². The van der Waals surface area contributed by atoms with Crippen LogP contribution in [-0.2, 0) is 18.0 Å². The van der Waals surface area contributed by atoms with Gasteiger partial charge in [-0.25, -0.2) is 0 Å². The van der Waals surface area contributed by atoms with E-state index in [0.29, 0.717) is 34.8 Å². The molecule has 0 amide bonds. The number of carbonyl (C=O) groups excluding carboxylic acids is 3. The molecule has 0 aliphatic heterocycles. The highest BCUT2D eigenvalue weighted by atomic mass is 16.3. The molecular weight excluding hydrogens is 372 g/mol. The molecule has 2 aromatic carbocycles. The summed E-state index contributed by atoms with van der Waals surface area (Å²) < 4.78 is 0. The molecule has 2 rings (SSSR count). The zero-order chi connectivity index (χ0) is 21.2. The Morgan fingerprint density at radius 1 is 0.793 bits per heavy atom. The third-order valence-corrected chi connectivity index (χ3v) is 4.11. The van der Waals surface area contributed by atoms with Crippen molar-refractivity contribution in [3.05, 3.63) is 93.8 Å². The second-order valence-electron chi connectivity index (χ2n) is 6.11. The Labute approximate surface area is 167 Å². The molecule has 29 heavy (non-hydrogen) atoms. The van der Waals surface area contributed by atoms with Crippen molar-refractivity contribution in [1.29, 1.82) is 0 Å². The number of ketones is 1. The van der Waals surface area contributed by atoms with Crippen LogP contribution in [0.1, 0.15) is 43.0 Å². The van der Waals surface area contributed by atoms with Crippen molar-refractivity contribution in [2.24, 2.45) is 0 Å². The molecule has 0 atom stereocenters. The minimum absolute atomic E-state index is 0.182. The van der Waals surface area contributed by atoms with Gasteiger partial charge in [0, 0.05) is 17.2 Å². The van der Waals surface area contributed by atoms with Crippen molar-refractivity contribution in [2.75, 3.05) is 0 Å². The third kappa shape index (κ3) is 6.21. The first-order chi connectivity index (χ1) is 14.0. The Bertz CT molecular complexity index is 998. The molecule has 0 spiro atoms. The van der Waals surface area contributed by atoms with Crippen LogP contribution in [-0.4, -0.2) is 33.7 Å². The molecule has 148 valence electrons. The zero-order valence-electron chi connectivity index (χ0n) is 15.5. The average Bonchev–Trinajstić information content (AvgIpc) is 2.75. The average molecular weight is 392 g/mol. The molecule has 0 saturated carbocycles. The van der Waals surface area contributed by atoms with Gasteiger partial charge >= 0.3 is 0 Å². The van der Waals surface area contributed by atoms with Crippen LogP contribution >= 0.6 is 0 Å². The SMILES string of the molecule is O=Cc1ccc(/C=C/C(=O)C=C(O)/C=C/c2ccc(CO)c(CO)c2)cc1C=O. The minimum atomic E-state index is -0.467. The highest BCUT2D eigenvalue weighted by molar-refractivity contribution is 6.02. The molecule has 0 fully saturated rings. The first kappa shape index (κ1) is 21.7. The van der Waals surface area contributed by atoms with Gasteiger partial charge < -0.3 is 15.3 Å². The summed E-state index contributed by atoms with van der Waals surface area (Å²) in [6.07, 6.45) is 7.78. The number of aliphatic hydroxyl groups is 3. The van der Waals surface area contributed by atoms with E-state index in [0.717, 1.165) is 6.08 Å². The summed E-state index contributed by atoms with van der Waals surface area (Å²) in [6.45, 7) is -0.402. The summed E-state index contributed by atoms with van der Waals surface area (Å²) in [4.78, 5) is 33.7. The fourth-order valence-electron chi connectivity index (χ4n) is 2.56. The predicted molar refractivity (Wildman–Crippen MR) is 109 cm³/mol. The van der Waals surface area contributed by atoms with Crippen LogP contribution in [0.4, 0.5) is 0 Å². The molecule has 6 heteroatoms. The summed E-state index contributed by atoms with van der Waals surface area (Å²) in [5, 5.41) is 28.4. The van der Waals surface area contributed by atoms with Crippen LogP contribution < -0.4 is 0 Å². The van der Waals surface area contributed by atoms with Crippen molar-refractivity contribution in [1.82, 2.24) is 0 Å². The van der Waals surface area contributed by atoms with Gasteiger partial charge in [-0.2, -0.15) is 0 Å². The quantitative estimate of drug-likeness (QED) is 0.262. The van der Waals surface area contributed by atoms with E-state index in [4.69, 9.17) is 0 Å². The van der Waals surface area contributed by atoms with Crippen molar-refractivity contribution in [3.8, 4) is 0 Å². The molecule has 0 bridgehead atoms. The predicted octanol–water partition coefficient (Wildman–Crippen LogP) is 3.03. The number of hydrogen-bond acceptors (Lipinski definition) is 6. The monoisotopic (exact) mass is 392 g/mol. The normalized spacial score (nSPS) is 11.9. The van der Waals surface area contributed by atoms with Crippen molar-refractivity contribution in [2.45, 2.75) is 13.2 Å². The van der Waals surface area contributed by atoms with Crippen LogP contribution in [0.15, 0.2) is 60.4 Å². The zero-order valence-corrected chi connectivity index (χ0v) is 15.5. The van der Waals surface area contributed by atoms with Gasteiger partial charge in [0.15, 0.2) is 18.4 Å². The maximum absolute atomic E-state index is 12.0. The summed E-state index contributed by atoms with van der Waals surface area (Å²) in [5.41, 5.74) is 2.94. The second kappa shape index (κ2) is 10.7. The molecule has 0 radical (unpaired) electrons. The topological polar surface area (TPSA) is 112 Å². The van der Waals surface area contributed by atoms with Gasteiger partial charge in [0.25, 0.3) is 0 Å². The van der Waals surface area contributed by atoms with E-state index in [1.54, 1.807) is 30.3 Å². The number of allylic oxidation sites excluding steroid dienone is 3. The van der Waals surface area contributed by atoms with Crippen LogP contribution in [0.5, 0.6) is 0 Å². The van der Waals surface area contributed by atoms with E-state index in [1.807, 2.05) is 0 Å². The molecular formula is C23H20O6. The Morgan fingerprint density at radius 3 is 2.07 bits per heavy atom. The first-order valence-electron chi connectivity index (χ1n) is 8.69. The number of rotatable bonds is 9. The fourth-order valence-corrected chi connectivity index (χ4v) is 2.56. The van der Waals surface area contributed by atoms with Crippen molar-refractivity contribution in [3.63, 3.8) is 0 Å². The summed E-state index contributed by atoms with van der Waals surface area (Å²) in [6, 6.07) is 9.62. The standard InChI is InChI=1S/C23H20O6/c24-12-18-5-1-16(9-20(18)14-26)3-7-22(28)11-23(29)8-4-17-2-6-19(13-25)21(10-17)15-27/h1-12,14,25,27,29H,13,15H2/b7-3+,8-4+,23-11?. The van der Waals surface area contributed by atoms with Crippen LogP contribution in [0.2, 0.25) is 0 Å². The Balaban J connectivity index is 2.08.